The van der Waals surface area contributed by atoms with Crippen LogP contribution in [0.1, 0.15) is 24.8 Å². The molecule has 0 radical (unpaired) electrons. The van der Waals surface area contributed by atoms with Gasteiger partial charge in [0.2, 0.25) is 0 Å². The molecule has 4 bridgehead atoms. The van der Waals surface area contributed by atoms with Gasteiger partial charge >= 0.3 is 5.97 Å². The highest BCUT2D eigenvalue weighted by atomic mass is 16.5. The summed E-state index contributed by atoms with van der Waals surface area (Å²) in [6, 6.07) is 13.3. The van der Waals surface area contributed by atoms with E-state index in [0.29, 0.717) is 18.0 Å². The molecular formula is C22H23NO3. The predicted molar refractivity (Wildman–Crippen MR) is 99.3 cm³/mol. The number of benzene rings is 1. The second-order valence-corrected chi connectivity index (χ2v) is 7.68. The van der Waals surface area contributed by atoms with Gasteiger partial charge in [0.1, 0.15) is 5.76 Å². The van der Waals surface area contributed by atoms with Gasteiger partial charge in [0.05, 0.1) is 19.3 Å². The topological polar surface area (TPSA) is 42.7 Å². The fourth-order valence-electron chi connectivity index (χ4n) is 5.28. The van der Waals surface area contributed by atoms with Crippen LogP contribution in [0.3, 0.4) is 0 Å². The van der Waals surface area contributed by atoms with Crippen molar-refractivity contribution in [3.05, 3.63) is 53.8 Å². The summed E-state index contributed by atoms with van der Waals surface area (Å²) in [5, 5.41) is 0. The molecule has 0 aliphatic carbocycles. The van der Waals surface area contributed by atoms with E-state index in [1.165, 1.54) is 24.7 Å². The van der Waals surface area contributed by atoms with Crippen molar-refractivity contribution in [3.8, 4) is 11.3 Å². The molecule has 0 N–H and O–H groups in total. The standard InChI is InChI=1S/C22H23NO3/c1-25-22(24)21-18-12-17-8-9-19(21)23(17)13-16(18)11-14-4-6-15(7-5-14)20-3-2-10-26-20/h2-7,10-11,17-19,21H,8-9,12-13H2,1H3/b16-11+/t17-,18+,19+,21-/m0/s1. The van der Waals surface area contributed by atoms with Crippen molar-refractivity contribution in [1.29, 1.82) is 0 Å². The summed E-state index contributed by atoms with van der Waals surface area (Å²) in [5.41, 5.74) is 3.64. The van der Waals surface area contributed by atoms with Crippen molar-refractivity contribution < 1.29 is 13.9 Å². The number of ether oxygens (including phenoxy) is 1. The smallest absolute Gasteiger partial charge is 0.310 e. The molecule has 1 aromatic carbocycles. The molecule has 0 spiro atoms. The molecule has 134 valence electrons. The molecule has 4 heteroatoms. The molecule has 4 fully saturated rings. The Labute approximate surface area is 153 Å². The van der Waals surface area contributed by atoms with Gasteiger partial charge in [-0.15, -0.1) is 0 Å². The maximum absolute atomic E-state index is 12.4. The average molecular weight is 349 g/mol. The van der Waals surface area contributed by atoms with Gasteiger partial charge in [0, 0.05) is 24.2 Å². The lowest BCUT2D eigenvalue weighted by Gasteiger charge is -2.50. The highest BCUT2D eigenvalue weighted by Gasteiger charge is 2.55. The van der Waals surface area contributed by atoms with Gasteiger partial charge in [0.15, 0.2) is 0 Å². The number of methoxy groups -OCH3 is 1. The van der Waals surface area contributed by atoms with Gasteiger partial charge < -0.3 is 9.15 Å². The molecule has 5 atom stereocenters. The number of hydrogen-bond acceptors (Lipinski definition) is 4. The number of furan rings is 1. The molecule has 4 aliphatic heterocycles. The van der Waals surface area contributed by atoms with Crippen molar-refractivity contribution in [2.75, 3.05) is 13.7 Å². The maximum Gasteiger partial charge on any atom is 0.310 e. The normalized spacial score (nSPS) is 33.6. The van der Waals surface area contributed by atoms with Gasteiger partial charge in [-0.25, -0.2) is 0 Å². The Kier molecular flexibility index (Phi) is 3.75. The molecule has 0 saturated carbocycles. The van der Waals surface area contributed by atoms with Crippen LogP contribution >= 0.6 is 0 Å². The molecule has 26 heavy (non-hydrogen) atoms. The number of carbonyl (C=O) groups excluding carboxylic acids is 1. The number of nitrogens with zero attached hydrogens (tertiary/aromatic N) is 1. The van der Waals surface area contributed by atoms with Gasteiger partial charge in [0.25, 0.3) is 0 Å². The molecule has 2 aromatic rings. The average Bonchev–Trinajstić information content (AvgIpc) is 3.30. The largest absolute Gasteiger partial charge is 0.469 e. The van der Waals surface area contributed by atoms with E-state index in [2.05, 4.69) is 35.2 Å². The van der Waals surface area contributed by atoms with Crippen LogP contribution in [0.25, 0.3) is 17.4 Å². The van der Waals surface area contributed by atoms with Crippen molar-refractivity contribution in [1.82, 2.24) is 4.90 Å². The molecule has 1 unspecified atom stereocenters. The third-order valence-corrected chi connectivity index (χ3v) is 6.45. The van der Waals surface area contributed by atoms with Crippen molar-refractivity contribution in [2.24, 2.45) is 11.8 Å². The zero-order chi connectivity index (χ0) is 17.7. The SMILES string of the molecule is COC(=O)[C@H]1[C@@H]2C[C@@H]3CC[C@H]1N3C/C2=C\c1ccc(-c2ccco2)cc1. The summed E-state index contributed by atoms with van der Waals surface area (Å²) < 4.78 is 10.6. The van der Waals surface area contributed by atoms with Crippen LogP contribution < -0.4 is 0 Å². The first kappa shape index (κ1) is 15.9. The van der Waals surface area contributed by atoms with Crippen LogP contribution in [0.5, 0.6) is 0 Å². The molecule has 4 nitrogen and oxygen atoms in total. The van der Waals surface area contributed by atoms with Crippen LogP contribution in [0.15, 0.2) is 52.7 Å². The Hall–Kier alpha value is -2.33. The summed E-state index contributed by atoms with van der Waals surface area (Å²) in [6.07, 6.45) is 7.41. The van der Waals surface area contributed by atoms with Gasteiger partial charge in [-0.2, -0.15) is 0 Å². The third-order valence-electron chi connectivity index (χ3n) is 6.45. The Morgan fingerprint density at radius 2 is 2.08 bits per heavy atom. The predicted octanol–water partition coefficient (Wildman–Crippen LogP) is 3.99. The molecule has 4 aliphatic rings. The fourth-order valence-corrected chi connectivity index (χ4v) is 5.28. The Balaban J connectivity index is 1.44. The molecule has 5 heterocycles. The number of rotatable bonds is 3. The first-order valence-corrected chi connectivity index (χ1v) is 9.42. The number of fused-ring (bicyclic) bond motifs is 1. The highest BCUT2D eigenvalue weighted by molar-refractivity contribution is 5.76. The van der Waals surface area contributed by atoms with E-state index in [4.69, 9.17) is 9.15 Å². The van der Waals surface area contributed by atoms with E-state index >= 15 is 0 Å². The van der Waals surface area contributed by atoms with Crippen LogP contribution in [0.4, 0.5) is 0 Å². The lowest BCUT2D eigenvalue weighted by Crippen LogP contribution is -2.58. The molecule has 6 rings (SSSR count). The van der Waals surface area contributed by atoms with Crippen molar-refractivity contribution in [3.63, 3.8) is 0 Å². The lowest BCUT2D eigenvalue weighted by molar-refractivity contribution is -0.153. The number of carbonyl (C=O) groups is 1. The third kappa shape index (κ3) is 2.43. The summed E-state index contributed by atoms with van der Waals surface area (Å²) >= 11 is 0. The maximum atomic E-state index is 12.4. The minimum atomic E-state index is -0.0379. The fraction of sp³-hybridized carbons (Fsp3) is 0.409. The van der Waals surface area contributed by atoms with E-state index in [1.54, 1.807) is 6.26 Å². The molecule has 0 amide bonds. The second kappa shape index (κ2) is 6.13. The van der Waals surface area contributed by atoms with Crippen LogP contribution in [-0.4, -0.2) is 36.6 Å². The number of piperidine rings is 3. The van der Waals surface area contributed by atoms with E-state index in [-0.39, 0.29) is 11.9 Å². The molecular weight excluding hydrogens is 326 g/mol. The lowest BCUT2D eigenvalue weighted by atomic mass is 9.71. The van der Waals surface area contributed by atoms with E-state index in [9.17, 15) is 4.79 Å². The minimum absolute atomic E-state index is 0.00106. The molecule has 1 aromatic heterocycles. The zero-order valence-corrected chi connectivity index (χ0v) is 14.9. The van der Waals surface area contributed by atoms with Crippen LogP contribution in [0, 0.1) is 11.8 Å². The Bertz CT molecular complexity index is 837. The van der Waals surface area contributed by atoms with Crippen LogP contribution in [-0.2, 0) is 9.53 Å². The number of esters is 1. The van der Waals surface area contributed by atoms with Crippen molar-refractivity contribution >= 4 is 12.0 Å². The van der Waals surface area contributed by atoms with Crippen LogP contribution in [0.2, 0.25) is 0 Å². The Morgan fingerprint density at radius 1 is 1.23 bits per heavy atom. The summed E-state index contributed by atoms with van der Waals surface area (Å²) in [4.78, 5) is 15.0. The monoisotopic (exact) mass is 349 g/mol. The summed E-state index contributed by atoms with van der Waals surface area (Å²) in [5.74, 6) is 1.18. The van der Waals surface area contributed by atoms with E-state index < -0.39 is 0 Å². The summed E-state index contributed by atoms with van der Waals surface area (Å²) in [6.45, 7) is 0.993. The second-order valence-electron chi connectivity index (χ2n) is 7.68. The van der Waals surface area contributed by atoms with Gasteiger partial charge in [-0.3, -0.25) is 9.69 Å². The first-order chi connectivity index (χ1) is 12.7. The molecule has 4 saturated heterocycles. The van der Waals surface area contributed by atoms with E-state index in [0.717, 1.165) is 30.7 Å². The van der Waals surface area contributed by atoms with Gasteiger partial charge in [-0.1, -0.05) is 35.9 Å². The van der Waals surface area contributed by atoms with E-state index in [1.807, 2.05) is 12.1 Å². The first-order valence-electron chi connectivity index (χ1n) is 9.42. The Morgan fingerprint density at radius 3 is 2.81 bits per heavy atom. The minimum Gasteiger partial charge on any atom is -0.469 e. The number of hydrogen-bond donors (Lipinski definition) is 0. The van der Waals surface area contributed by atoms with Gasteiger partial charge in [-0.05, 0) is 42.9 Å². The zero-order valence-electron chi connectivity index (χ0n) is 14.9. The van der Waals surface area contributed by atoms with Crippen molar-refractivity contribution in [2.45, 2.75) is 31.3 Å². The highest BCUT2D eigenvalue weighted by Crippen LogP contribution is 2.50. The summed E-state index contributed by atoms with van der Waals surface area (Å²) in [7, 11) is 1.52. The quantitative estimate of drug-likeness (QED) is 0.786.